The second-order valence-electron chi connectivity index (χ2n) is 2.24. The fraction of sp³-hybridized carbons (Fsp3) is 0.667. The van der Waals surface area contributed by atoms with Crippen LogP contribution >= 0.6 is 0 Å². The minimum absolute atomic E-state index is 0.334. The van der Waals surface area contributed by atoms with E-state index in [2.05, 4.69) is 20.6 Å². The summed E-state index contributed by atoms with van der Waals surface area (Å²) in [5.74, 6) is -0.434. The smallest absolute Gasteiger partial charge is 0.316 e. The first kappa shape index (κ1) is 8.63. The molecule has 1 atom stereocenters. The molecule has 0 saturated heterocycles. The zero-order valence-corrected chi connectivity index (χ0v) is 6.94. The molecular formula is C6H10N4O2. The average molecular weight is 170 g/mol. The molecule has 0 fully saturated rings. The number of hydrogen-bond acceptors (Lipinski definition) is 5. The van der Waals surface area contributed by atoms with Gasteiger partial charge in [-0.3, -0.25) is 4.79 Å². The normalized spacial score (nSPS) is 12.5. The number of nitrogens with one attached hydrogen (secondary N) is 1. The highest BCUT2D eigenvalue weighted by Crippen LogP contribution is 2.09. The van der Waals surface area contributed by atoms with Crippen LogP contribution < -0.4 is 0 Å². The van der Waals surface area contributed by atoms with E-state index in [1.165, 1.54) is 0 Å². The maximum Gasteiger partial charge on any atom is 0.316 e. The van der Waals surface area contributed by atoms with Gasteiger partial charge in [-0.15, -0.1) is 10.2 Å². The largest absolute Gasteiger partial charge is 0.465 e. The number of hydrogen-bond donors (Lipinski definition) is 1. The molecule has 0 radical (unpaired) electrons. The van der Waals surface area contributed by atoms with Gasteiger partial charge in [0.2, 0.25) is 0 Å². The van der Waals surface area contributed by atoms with Gasteiger partial charge in [0.1, 0.15) is 5.92 Å². The summed E-state index contributed by atoms with van der Waals surface area (Å²) in [6.07, 6.45) is 0. The van der Waals surface area contributed by atoms with Crippen molar-refractivity contribution in [3.63, 3.8) is 0 Å². The van der Waals surface area contributed by atoms with Crippen LogP contribution in [0.5, 0.6) is 0 Å². The number of ether oxygens (including phenoxy) is 1. The van der Waals surface area contributed by atoms with E-state index in [1.807, 2.05) is 0 Å². The molecule has 0 aromatic carbocycles. The third-order valence-electron chi connectivity index (χ3n) is 1.39. The van der Waals surface area contributed by atoms with Gasteiger partial charge in [0, 0.05) is 0 Å². The van der Waals surface area contributed by atoms with Gasteiger partial charge in [-0.1, -0.05) is 5.21 Å². The minimum atomic E-state index is -0.455. The first-order valence-electron chi connectivity index (χ1n) is 3.65. The number of carbonyl (C=O) groups excluding carboxylic acids is 1. The molecule has 0 bridgehead atoms. The number of H-pyrrole nitrogens is 1. The summed E-state index contributed by atoms with van der Waals surface area (Å²) < 4.78 is 4.77. The van der Waals surface area contributed by atoms with Crippen molar-refractivity contribution in [1.82, 2.24) is 20.6 Å². The highest BCUT2D eigenvalue weighted by atomic mass is 16.5. The number of rotatable bonds is 3. The van der Waals surface area contributed by atoms with Crippen LogP contribution in [0.25, 0.3) is 0 Å². The lowest BCUT2D eigenvalue weighted by atomic mass is 10.2. The zero-order chi connectivity index (χ0) is 8.97. The molecule has 0 aliphatic heterocycles. The second kappa shape index (κ2) is 3.80. The van der Waals surface area contributed by atoms with Gasteiger partial charge < -0.3 is 4.74 Å². The lowest BCUT2D eigenvalue weighted by Crippen LogP contribution is -2.14. The van der Waals surface area contributed by atoms with Gasteiger partial charge in [0.05, 0.1) is 6.61 Å². The van der Waals surface area contributed by atoms with E-state index in [9.17, 15) is 4.79 Å². The third kappa shape index (κ3) is 1.77. The molecule has 6 nitrogen and oxygen atoms in total. The Bertz CT molecular complexity index is 246. The molecule has 1 heterocycles. The molecule has 6 heteroatoms. The van der Waals surface area contributed by atoms with Crippen LogP contribution in [-0.2, 0) is 9.53 Å². The second-order valence-corrected chi connectivity index (χ2v) is 2.24. The Morgan fingerprint density at radius 3 is 3.00 bits per heavy atom. The first-order valence-corrected chi connectivity index (χ1v) is 3.65. The topological polar surface area (TPSA) is 80.8 Å². The third-order valence-corrected chi connectivity index (χ3v) is 1.39. The number of esters is 1. The Kier molecular flexibility index (Phi) is 2.73. The molecule has 1 N–H and O–H groups in total. The van der Waals surface area contributed by atoms with Crippen molar-refractivity contribution >= 4 is 5.97 Å². The summed E-state index contributed by atoms with van der Waals surface area (Å²) >= 11 is 0. The quantitative estimate of drug-likeness (QED) is 0.639. The number of aromatic nitrogens is 4. The van der Waals surface area contributed by atoms with Crippen molar-refractivity contribution in [2.24, 2.45) is 0 Å². The van der Waals surface area contributed by atoms with Gasteiger partial charge in [-0.25, -0.2) is 0 Å². The molecule has 0 unspecified atom stereocenters. The summed E-state index contributed by atoms with van der Waals surface area (Å²) in [4.78, 5) is 11.1. The van der Waals surface area contributed by atoms with E-state index in [1.54, 1.807) is 13.8 Å². The monoisotopic (exact) mass is 170 g/mol. The van der Waals surface area contributed by atoms with Gasteiger partial charge in [-0.05, 0) is 13.8 Å². The van der Waals surface area contributed by atoms with Crippen LogP contribution in [0.15, 0.2) is 0 Å². The van der Waals surface area contributed by atoms with E-state index < -0.39 is 5.92 Å². The van der Waals surface area contributed by atoms with Gasteiger partial charge >= 0.3 is 5.97 Å². The van der Waals surface area contributed by atoms with Crippen molar-refractivity contribution in [3.8, 4) is 0 Å². The predicted molar refractivity (Wildman–Crippen MR) is 39.2 cm³/mol. The van der Waals surface area contributed by atoms with E-state index >= 15 is 0 Å². The number of tetrazole rings is 1. The molecule has 1 rings (SSSR count). The summed E-state index contributed by atoms with van der Waals surface area (Å²) in [6, 6.07) is 0. The zero-order valence-electron chi connectivity index (χ0n) is 6.94. The van der Waals surface area contributed by atoms with Crippen molar-refractivity contribution < 1.29 is 9.53 Å². The number of carbonyl (C=O) groups is 1. The molecule has 1 aromatic heterocycles. The van der Waals surface area contributed by atoms with E-state index in [0.717, 1.165) is 0 Å². The Labute approximate surface area is 69.3 Å². The standard InChI is InChI=1S/C6H10N4O2/c1-3-12-6(11)4(2)5-7-9-10-8-5/h4H,3H2,1-2H3,(H,7,8,9,10)/t4-/m0/s1. The predicted octanol–water partition coefficient (Wildman–Crippen LogP) is -0.134. The Balaban J connectivity index is 2.59. The molecule has 0 saturated carbocycles. The van der Waals surface area contributed by atoms with Gasteiger partial charge in [-0.2, -0.15) is 5.21 Å². The number of aromatic amines is 1. The van der Waals surface area contributed by atoms with E-state index in [0.29, 0.717) is 12.4 Å². The highest BCUT2D eigenvalue weighted by molar-refractivity contribution is 5.76. The molecule has 0 amide bonds. The SMILES string of the molecule is CCOC(=O)[C@@H](C)c1nn[nH]n1. The molecule has 0 aliphatic rings. The Hall–Kier alpha value is -1.46. The Morgan fingerprint density at radius 2 is 2.50 bits per heavy atom. The first-order chi connectivity index (χ1) is 5.75. The van der Waals surface area contributed by atoms with Crippen LogP contribution in [0, 0.1) is 0 Å². The lowest BCUT2D eigenvalue weighted by molar-refractivity contribution is -0.144. The van der Waals surface area contributed by atoms with Crippen molar-refractivity contribution in [2.75, 3.05) is 6.61 Å². The van der Waals surface area contributed by atoms with Crippen LogP contribution in [0.4, 0.5) is 0 Å². The average Bonchev–Trinajstić information content (AvgIpc) is 2.55. The minimum Gasteiger partial charge on any atom is -0.465 e. The van der Waals surface area contributed by atoms with Crippen molar-refractivity contribution in [1.29, 1.82) is 0 Å². The lowest BCUT2D eigenvalue weighted by Gasteiger charge is -2.04. The summed E-state index contributed by atoms with van der Waals surface area (Å²) in [5.41, 5.74) is 0. The van der Waals surface area contributed by atoms with Gasteiger partial charge in [0.15, 0.2) is 5.82 Å². The molecule has 1 aromatic rings. The summed E-state index contributed by atoms with van der Waals surface area (Å²) in [5, 5.41) is 13.0. The van der Waals surface area contributed by atoms with Crippen LogP contribution in [0.3, 0.4) is 0 Å². The van der Waals surface area contributed by atoms with Crippen molar-refractivity contribution in [3.05, 3.63) is 5.82 Å². The summed E-state index contributed by atoms with van der Waals surface area (Å²) in [6.45, 7) is 3.78. The van der Waals surface area contributed by atoms with Gasteiger partial charge in [0.25, 0.3) is 0 Å². The molecule has 12 heavy (non-hydrogen) atoms. The maximum atomic E-state index is 11.1. The highest BCUT2D eigenvalue weighted by Gasteiger charge is 2.19. The maximum absolute atomic E-state index is 11.1. The Morgan fingerprint density at radius 1 is 1.75 bits per heavy atom. The van der Waals surface area contributed by atoms with E-state index in [4.69, 9.17) is 4.74 Å². The summed E-state index contributed by atoms with van der Waals surface area (Å²) in [7, 11) is 0. The molecule has 0 aliphatic carbocycles. The fourth-order valence-corrected chi connectivity index (χ4v) is 0.726. The number of nitrogens with zero attached hydrogens (tertiary/aromatic N) is 3. The molecular weight excluding hydrogens is 160 g/mol. The fourth-order valence-electron chi connectivity index (χ4n) is 0.726. The van der Waals surface area contributed by atoms with Crippen LogP contribution in [-0.4, -0.2) is 33.2 Å². The molecule has 0 spiro atoms. The van der Waals surface area contributed by atoms with Crippen LogP contribution in [0.2, 0.25) is 0 Å². The van der Waals surface area contributed by atoms with Crippen molar-refractivity contribution in [2.45, 2.75) is 19.8 Å². The van der Waals surface area contributed by atoms with Crippen LogP contribution in [0.1, 0.15) is 25.6 Å². The van der Waals surface area contributed by atoms with E-state index in [-0.39, 0.29) is 5.97 Å². The molecule has 66 valence electrons.